The molecule has 37 heavy (non-hydrogen) atoms. The smallest absolute Gasteiger partial charge is 0.239 e. The molecule has 0 bridgehead atoms. The van der Waals surface area contributed by atoms with Gasteiger partial charge in [-0.2, -0.15) is 4.98 Å². The number of anilines is 2. The van der Waals surface area contributed by atoms with Crippen molar-refractivity contribution in [3.63, 3.8) is 0 Å². The number of nitrogens with one attached hydrogen (secondary N) is 1. The van der Waals surface area contributed by atoms with Crippen molar-refractivity contribution < 1.29 is 9.16 Å². The highest BCUT2D eigenvalue weighted by atomic mass is 28.4. The maximum Gasteiger partial charge on any atom is 0.239 e. The summed E-state index contributed by atoms with van der Waals surface area (Å²) in [6.45, 7) is 24.0. The van der Waals surface area contributed by atoms with Gasteiger partial charge in [0.25, 0.3) is 0 Å². The largest absolute Gasteiger partial charge is 0.496 e. The van der Waals surface area contributed by atoms with E-state index in [1.165, 1.54) is 0 Å². The van der Waals surface area contributed by atoms with Crippen LogP contribution in [0.15, 0.2) is 18.2 Å². The van der Waals surface area contributed by atoms with Crippen LogP contribution in [-0.4, -0.2) is 38.0 Å². The first kappa shape index (κ1) is 30.6. The molecule has 0 aliphatic carbocycles. The molecular weight excluding hydrogens is 478 g/mol. The maximum absolute atomic E-state index is 7.25. The molecule has 0 radical (unpaired) electrons. The lowest BCUT2D eigenvalue weighted by atomic mass is 9.99. The van der Waals surface area contributed by atoms with E-state index in [0.717, 1.165) is 72.7 Å². The molecule has 1 aromatic heterocycles. The zero-order valence-corrected chi connectivity index (χ0v) is 25.2. The van der Waals surface area contributed by atoms with Crippen LogP contribution in [0, 0.1) is 6.57 Å². The van der Waals surface area contributed by atoms with Gasteiger partial charge in [-0.05, 0) is 61.2 Å². The Kier molecular flexibility index (Phi) is 11.4. The van der Waals surface area contributed by atoms with Crippen molar-refractivity contribution in [1.82, 2.24) is 9.97 Å². The van der Waals surface area contributed by atoms with Crippen molar-refractivity contribution in [1.29, 1.82) is 0 Å². The standard InChI is InChI=1S/C29H47N5O2Si/c1-10-12-13-23(16-17-36-37(8,9)29(3,4)5)32-27-24(25(11-2)33-28(30)34-27)19-22-18-21(20-31-6)14-15-26(22)35-7/h14-15,18,23H,10-13,16-17,19-20H2,1-5,7-9H3,(H3,30,32,33,34)/t23-/m0/s1. The van der Waals surface area contributed by atoms with Gasteiger partial charge in [0.1, 0.15) is 11.6 Å². The van der Waals surface area contributed by atoms with Crippen LogP contribution in [0.1, 0.15) is 82.7 Å². The molecule has 7 nitrogen and oxygen atoms in total. The monoisotopic (exact) mass is 525 g/mol. The van der Waals surface area contributed by atoms with E-state index in [-0.39, 0.29) is 17.0 Å². The fraction of sp³-hybridized carbons (Fsp3) is 0.621. The second-order valence-electron chi connectivity index (χ2n) is 11.2. The number of hydrogen-bond donors (Lipinski definition) is 2. The third-order valence-corrected chi connectivity index (χ3v) is 11.9. The minimum atomic E-state index is -1.81. The van der Waals surface area contributed by atoms with E-state index in [1.807, 2.05) is 12.1 Å². The summed E-state index contributed by atoms with van der Waals surface area (Å²) in [5, 5.41) is 3.92. The molecule has 0 saturated heterocycles. The number of unbranched alkanes of at least 4 members (excludes halogenated alkanes) is 1. The SMILES string of the molecule is [C-]#[N+]Cc1ccc(OC)c(Cc2c(CC)nc(N)nc2N[C@@H](CCCC)CCO[Si](C)(C)C(C)(C)C)c1. The van der Waals surface area contributed by atoms with Crippen LogP contribution in [0.3, 0.4) is 0 Å². The van der Waals surface area contributed by atoms with E-state index >= 15 is 0 Å². The first-order chi connectivity index (χ1) is 17.4. The zero-order valence-electron chi connectivity index (χ0n) is 24.2. The van der Waals surface area contributed by atoms with Gasteiger partial charge in [-0.1, -0.05) is 47.5 Å². The lowest BCUT2D eigenvalue weighted by Gasteiger charge is -2.36. The van der Waals surface area contributed by atoms with Gasteiger partial charge in [0.2, 0.25) is 12.5 Å². The second kappa shape index (κ2) is 13.8. The average molecular weight is 526 g/mol. The molecule has 3 N–H and O–H groups in total. The fourth-order valence-corrected chi connectivity index (χ4v) is 5.16. The molecule has 0 aliphatic rings. The third-order valence-electron chi connectivity index (χ3n) is 7.40. The molecule has 0 amide bonds. The number of aromatic nitrogens is 2. The predicted octanol–water partition coefficient (Wildman–Crippen LogP) is 7.02. The number of hydrogen-bond acceptors (Lipinski definition) is 6. The van der Waals surface area contributed by atoms with Gasteiger partial charge < -0.3 is 25.1 Å². The number of aryl methyl sites for hydroxylation is 1. The van der Waals surface area contributed by atoms with Crippen molar-refractivity contribution >= 4 is 20.1 Å². The van der Waals surface area contributed by atoms with Gasteiger partial charge in [-0.15, -0.1) is 0 Å². The Bertz CT molecular complexity index is 1060. The Hall–Kier alpha value is -2.63. The Morgan fingerprint density at radius 1 is 1.16 bits per heavy atom. The zero-order chi connectivity index (χ0) is 27.6. The first-order valence-electron chi connectivity index (χ1n) is 13.5. The molecule has 1 heterocycles. The second-order valence-corrected chi connectivity index (χ2v) is 16.0. The van der Waals surface area contributed by atoms with Crippen LogP contribution in [0.25, 0.3) is 4.85 Å². The van der Waals surface area contributed by atoms with E-state index in [2.05, 4.69) is 73.9 Å². The van der Waals surface area contributed by atoms with Crippen molar-refractivity contribution in [2.75, 3.05) is 24.8 Å². The highest BCUT2D eigenvalue weighted by molar-refractivity contribution is 6.74. The van der Waals surface area contributed by atoms with E-state index in [9.17, 15) is 0 Å². The summed E-state index contributed by atoms with van der Waals surface area (Å²) in [4.78, 5) is 12.8. The van der Waals surface area contributed by atoms with Crippen molar-refractivity contribution in [2.45, 2.75) is 104 Å². The molecule has 0 saturated carbocycles. The molecular formula is C29H47N5O2Si. The molecule has 2 aromatic rings. The van der Waals surface area contributed by atoms with Crippen LogP contribution >= 0.6 is 0 Å². The highest BCUT2D eigenvalue weighted by Gasteiger charge is 2.37. The molecule has 204 valence electrons. The van der Waals surface area contributed by atoms with Crippen LogP contribution < -0.4 is 15.8 Å². The Balaban J connectivity index is 2.38. The number of rotatable bonds is 14. The van der Waals surface area contributed by atoms with Gasteiger partial charge in [0.15, 0.2) is 8.32 Å². The number of methoxy groups -OCH3 is 1. The molecule has 8 heteroatoms. The van der Waals surface area contributed by atoms with Crippen molar-refractivity contribution in [3.8, 4) is 5.75 Å². The average Bonchev–Trinajstić information content (AvgIpc) is 2.83. The van der Waals surface area contributed by atoms with Gasteiger partial charge >= 0.3 is 0 Å². The Labute approximate surface area is 225 Å². The topological polar surface area (TPSA) is 86.7 Å². The summed E-state index contributed by atoms with van der Waals surface area (Å²) < 4.78 is 12.2. The quantitative estimate of drug-likeness (QED) is 0.203. The number of nitrogens with zero attached hydrogens (tertiary/aromatic N) is 3. The Morgan fingerprint density at radius 3 is 2.49 bits per heavy atom. The van der Waals surface area contributed by atoms with E-state index in [4.69, 9.17) is 21.5 Å². The molecule has 0 unspecified atom stereocenters. The first-order valence-corrected chi connectivity index (χ1v) is 16.4. The van der Waals surface area contributed by atoms with Crippen LogP contribution in [0.5, 0.6) is 5.75 Å². The van der Waals surface area contributed by atoms with E-state index in [1.54, 1.807) is 7.11 Å². The minimum Gasteiger partial charge on any atom is -0.496 e. The summed E-state index contributed by atoms with van der Waals surface area (Å²) >= 11 is 0. The van der Waals surface area contributed by atoms with Crippen LogP contribution in [0.2, 0.25) is 18.1 Å². The number of ether oxygens (including phenoxy) is 1. The summed E-state index contributed by atoms with van der Waals surface area (Å²) in [6.07, 6.45) is 5.54. The van der Waals surface area contributed by atoms with Gasteiger partial charge in [0.05, 0.1) is 12.8 Å². The van der Waals surface area contributed by atoms with Crippen molar-refractivity contribution in [2.24, 2.45) is 0 Å². The lowest BCUT2D eigenvalue weighted by Crippen LogP contribution is -2.41. The van der Waals surface area contributed by atoms with E-state index < -0.39 is 8.32 Å². The van der Waals surface area contributed by atoms with Gasteiger partial charge in [0, 0.05) is 30.2 Å². The normalized spacial score (nSPS) is 12.7. The maximum atomic E-state index is 7.25. The number of nitrogen functional groups attached to an aromatic ring is 1. The van der Waals surface area contributed by atoms with Crippen LogP contribution in [0.4, 0.5) is 11.8 Å². The van der Waals surface area contributed by atoms with Gasteiger partial charge in [-0.3, -0.25) is 0 Å². The Morgan fingerprint density at radius 2 is 1.89 bits per heavy atom. The number of nitrogens with two attached hydrogens (primary N) is 1. The van der Waals surface area contributed by atoms with Crippen LogP contribution in [-0.2, 0) is 23.8 Å². The highest BCUT2D eigenvalue weighted by Crippen LogP contribution is 2.37. The molecule has 2 rings (SSSR count). The molecule has 0 aliphatic heterocycles. The third kappa shape index (κ3) is 8.72. The van der Waals surface area contributed by atoms with Gasteiger partial charge in [-0.25, -0.2) is 11.6 Å². The molecule has 0 spiro atoms. The summed E-state index contributed by atoms with van der Waals surface area (Å²) in [5.41, 5.74) is 10.1. The summed E-state index contributed by atoms with van der Waals surface area (Å²) in [6, 6.07) is 6.16. The lowest BCUT2D eigenvalue weighted by molar-refractivity contribution is 0.272. The number of benzene rings is 1. The molecule has 0 fully saturated rings. The van der Waals surface area contributed by atoms with Crippen molar-refractivity contribution in [3.05, 3.63) is 52.0 Å². The fourth-order valence-electron chi connectivity index (χ4n) is 4.10. The molecule has 1 atom stereocenters. The van der Waals surface area contributed by atoms with E-state index in [0.29, 0.717) is 13.0 Å². The summed E-state index contributed by atoms with van der Waals surface area (Å²) in [7, 11) is -0.135. The minimum absolute atomic E-state index is 0.185. The summed E-state index contributed by atoms with van der Waals surface area (Å²) in [5.74, 6) is 1.86. The predicted molar refractivity (Wildman–Crippen MR) is 157 cm³/mol. The molecule has 1 aromatic carbocycles.